The number of thiocarbonyl (C=S) groups is 1. The number of rotatable bonds is 7. The molecule has 0 saturated carbocycles. The van der Waals surface area contributed by atoms with Crippen molar-refractivity contribution in [2.24, 2.45) is 0 Å². The van der Waals surface area contributed by atoms with E-state index in [9.17, 15) is 4.79 Å². The Morgan fingerprint density at radius 2 is 1.76 bits per heavy atom. The van der Waals surface area contributed by atoms with E-state index >= 15 is 0 Å². The molecule has 4 aromatic rings. The second-order valence-corrected chi connectivity index (χ2v) is 8.34. The molecule has 9 heteroatoms. The van der Waals surface area contributed by atoms with E-state index in [0.717, 1.165) is 10.3 Å². The van der Waals surface area contributed by atoms with Crippen LogP contribution in [0.1, 0.15) is 15.9 Å². The number of fused-ring (bicyclic) bond motifs is 1. The molecule has 1 heterocycles. The fraction of sp³-hybridized carbons (Fsp3) is 0.125. The molecule has 168 valence electrons. The number of nitrogens with one attached hydrogen (secondary N) is 2. The second kappa shape index (κ2) is 10.3. The van der Waals surface area contributed by atoms with Gasteiger partial charge in [0, 0.05) is 11.6 Å². The van der Waals surface area contributed by atoms with Gasteiger partial charge in [0.2, 0.25) is 0 Å². The van der Waals surface area contributed by atoms with Crippen molar-refractivity contribution in [1.29, 1.82) is 0 Å². The van der Waals surface area contributed by atoms with Crippen molar-refractivity contribution < 1.29 is 19.0 Å². The van der Waals surface area contributed by atoms with E-state index in [4.69, 9.17) is 26.4 Å². The smallest absolute Gasteiger partial charge is 0.257 e. The minimum Gasteiger partial charge on any atom is -0.497 e. The maximum atomic E-state index is 12.6. The number of aromatic nitrogens is 1. The SMILES string of the molecule is COc1cc(OC)c2nc(NC(=S)NC(=O)c3ccc(OCc4ccccc4)cc3)sc2c1. The Morgan fingerprint density at radius 3 is 2.45 bits per heavy atom. The summed E-state index contributed by atoms with van der Waals surface area (Å²) in [5, 5.41) is 6.31. The van der Waals surface area contributed by atoms with E-state index in [1.165, 1.54) is 11.3 Å². The molecule has 1 aromatic heterocycles. The summed E-state index contributed by atoms with van der Waals surface area (Å²) in [5.41, 5.74) is 2.22. The molecule has 1 amide bonds. The normalized spacial score (nSPS) is 10.5. The second-order valence-electron chi connectivity index (χ2n) is 6.90. The monoisotopic (exact) mass is 479 g/mol. The lowest BCUT2D eigenvalue weighted by molar-refractivity contribution is 0.0977. The first-order valence-electron chi connectivity index (χ1n) is 9.97. The molecule has 0 atom stereocenters. The van der Waals surface area contributed by atoms with Gasteiger partial charge in [0.15, 0.2) is 10.2 Å². The molecule has 0 bridgehead atoms. The molecule has 33 heavy (non-hydrogen) atoms. The molecule has 0 saturated heterocycles. The zero-order valence-corrected chi connectivity index (χ0v) is 19.6. The molecular weight excluding hydrogens is 458 g/mol. The number of hydrogen-bond acceptors (Lipinski definition) is 7. The molecule has 0 radical (unpaired) electrons. The standard InChI is InChI=1S/C24H21N3O4S2/c1-29-18-12-19(30-2)21-20(13-18)33-24(25-21)27-23(32)26-22(28)16-8-10-17(11-9-16)31-14-15-6-4-3-5-7-15/h3-13H,14H2,1-2H3,(H2,25,26,27,28,32). The van der Waals surface area contributed by atoms with E-state index in [-0.39, 0.29) is 11.0 Å². The van der Waals surface area contributed by atoms with Gasteiger partial charge in [0.05, 0.1) is 18.9 Å². The summed E-state index contributed by atoms with van der Waals surface area (Å²) in [7, 11) is 3.16. The summed E-state index contributed by atoms with van der Waals surface area (Å²) < 4.78 is 17.3. The fourth-order valence-corrected chi connectivity index (χ4v) is 4.22. The average Bonchev–Trinajstić information content (AvgIpc) is 3.25. The number of thiazole rings is 1. The van der Waals surface area contributed by atoms with Crippen LogP contribution in [0.15, 0.2) is 66.7 Å². The van der Waals surface area contributed by atoms with Crippen LogP contribution in [0.2, 0.25) is 0 Å². The Labute approximate surface area is 200 Å². The molecule has 4 rings (SSSR count). The maximum absolute atomic E-state index is 12.6. The third kappa shape index (κ3) is 5.57. The quantitative estimate of drug-likeness (QED) is 0.360. The van der Waals surface area contributed by atoms with Crippen LogP contribution in [0, 0.1) is 0 Å². The third-order valence-electron chi connectivity index (χ3n) is 4.70. The largest absolute Gasteiger partial charge is 0.497 e. The molecule has 0 fully saturated rings. The highest BCUT2D eigenvalue weighted by Gasteiger charge is 2.14. The van der Waals surface area contributed by atoms with Gasteiger partial charge in [-0.05, 0) is 48.1 Å². The van der Waals surface area contributed by atoms with Crippen LogP contribution in [0.5, 0.6) is 17.2 Å². The number of benzene rings is 3. The molecule has 0 unspecified atom stereocenters. The van der Waals surface area contributed by atoms with Crippen LogP contribution in [-0.4, -0.2) is 30.2 Å². The highest BCUT2D eigenvalue weighted by molar-refractivity contribution is 7.80. The topological polar surface area (TPSA) is 81.7 Å². The summed E-state index contributed by atoms with van der Waals surface area (Å²) >= 11 is 6.67. The third-order valence-corrected chi connectivity index (χ3v) is 5.82. The van der Waals surface area contributed by atoms with Gasteiger partial charge in [-0.2, -0.15) is 0 Å². The van der Waals surface area contributed by atoms with E-state index in [1.807, 2.05) is 36.4 Å². The van der Waals surface area contributed by atoms with Crippen molar-refractivity contribution >= 4 is 49.9 Å². The number of nitrogens with zero attached hydrogens (tertiary/aromatic N) is 1. The van der Waals surface area contributed by atoms with Gasteiger partial charge in [0.25, 0.3) is 5.91 Å². The van der Waals surface area contributed by atoms with Crippen molar-refractivity contribution in [2.45, 2.75) is 6.61 Å². The summed E-state index contributed by atoms with van der Waals surface area (Å²) in [4.78, 5) is 17.1. The zero-order chi connectivity index (χ0) is 23.2. The van der Waals surface area contributed by atoms with Crippen molar-refractivity contribution in [2.75, 3.05) is 19.5 Å². The Hall–Kier alpha value is -3.69. The number of methoxy groups -OCH3 is 2. The van der Waals surface area contributed by atoms with E-state index in [2.05, 4.69) is 15.6 Å². The van der Waals surface area contributed by atoms with E-state index in [0.29, 0.717) is 40.1 Å². The molecule has 0 aliphatic heterocycles. The molecule has 7 nitrogen and oxygen atoms in total. The zero-order valence-electron chi connectivity index (χ0n) is 18.0. The van der Waals surface area contributed by atoms with Crippen LogP contribution in [0.3, 0.4) is 0 Å². The molecular formula is C24H21N3O4S2. The van der Waals surface area contributed by atoms with Crippen LogP contribution >= 0.6 is 23.6 Å². The predicted molar refractivity (Wildman–Crippen MR) is 134 cm³/mol. The minimum atomic E-state index is -0.331. The summed E-state index contributed by atoms with van der Waals surface area (Å²) in [6, 6.07) is 20.4. The summed E-state index contributed by atoms with van der Waals surface area (Å²) in [6.07, 6.45) is 0. The van der Waals surface area contributed by atoms with E-state index in [1.54, 1.807) is 44.6 Å². The lowest BCUT2D eigenvalue weighted by Crippen LogP contribution is -2.34. The maximum Gasteiger partial charge on any atom is 0.257 e. The van der Waals surface area contributed by atoms with Gasteiger partial charge in [-0.15, -0.1) is 0 Å². The van der Waals surface area contributed by atoms with Crippen LogP contribution in [0.25, 0.3) is 10.2 Å². The van der Waals surface area contributed by atoms with Crippen molar-refractivity contribution in [3.05, 3.63) is 77.9 Å². The number of amides is 1. The molecule has 3 aromatic carbocycles. The van der Waals surface area contributed by atoms with Crippen LogP contribution < -0.4 is 24.8 Å². The van der Waals surface area contributed by atoms with Crippen molar-refractivity contribution in [1.82, 2.24) is 10.3 Å². The van der Waals surface area contributed by atoms with Crippen LogP contribution in [0.4, 0.5) is 5.13 Å². The number of hydrogen-bond donors (Lipinski definition) is 2. The van der Waals surface area contributed by atoms with Gasteiger partial charge in [0.1, 0.15) is 29.4 Å². The number of carbonyl (C=O) groups is 1. The first-order valence-corrected chi connectivity index (χ1v) is 11.2. The average molecular weight is 480 g/mol. The molecule has 2 N–H and O–H groups in total. The van der Waals surface area contributed by atoms with E-state index < -0.39 is 0 Å². The number of anilines is 1. The van der Waals surface area contributed by atoms with Crippen molar-refractivity contribution in [3.8, 4) is 17.2 Å². The fourth-order valence-electron chi connectivity index (χ4n) is 3.05. The number of ether oxygens (including phenoxy) is 3. The lowest BCUT2D eigenvalue weighted by atomic mass is 10.2. The Balaban J connectivity index is 1.36. The van der Waals surface area contributed by atoms with Gasteiger partial charge >= 0.3 is 0 Å². The first kappa shape index (κ1) is 22.5. The number of carbonyl (C=O) groups excluding carboxylic acids is 1. The first-order chi connectivity index (χ1) is 16.1. The van der Waals surface area contributed by atoms with Crippen molar-refractivity contribution in [3.63, 3.8) is 0 Å². The van der Waals surface area contributed by atoms with Gasteiger partial charge in [-0.25, -0.2) is 4.98 Å². The lowest BCUT2D eigenvalue weighted by Gasteiger charge is -2.09. The highest BCUT2D eigenvalue weighted by atomic mass is 32.1. The summed E-state index contributed by atoms with van der Waals surface area (Å²) in [6.45, 7) is 0.458. The van der Waals surface area contributed by atoms with Gasteiger partial charge in [-0.1, -0.05) is 41.7 Å². The Bertz CT molecular complexity index is 1270. The molecule has 0 spiro atoms. The predicted octanol–water partition coefficient (Wildman–Crippen LogP) is 5.02. The summed E-state index contributed by atoms with van der Waals surface area (Å²) in [5.74, 6) is 1.61. The van der Waals surface area contributed by atoms with Crippen LogP contribution in [-0.2, 0) is 6.61 Å². The molecule has 0 aliphatic rings. The Kier molecular flexibility index (Phi) is 7.01. The minimum absolute atomic E-state index is 0.148. The van der Waals surface area contributed by atoms with Gasteiger partial charge in [-0.3, -0.25) is 10.1 Å². The Morgan fingerprint density at radius 1 is 1.00 bits per heavy atom. The van der Waals surface area contributed by atoms with Gasteiger partial charge < -0.3 is 19.5 Å². The molecule has 0 aliphatic carbocycles. The highest BCUT2D eigenvalue weighted by Crippen LogP contribution is 2.36.